The Morgan fingerprint density at radius 1 is 1.33 bits per heavy atom. The van der Waals surface area contributed by atoms with Gasteiger partial charge in [-0.1, -0.05) is 6.07 Å². The zero-order chi connectivity index (χ0) is 13.1. The first-order valence-corrected chi connectivity index (χ1v) is 5.75. The summed E-state index contributed by atoms with van der Waals surface area (Å²) < 4.78 is 28.9. The van der Waals surface area contributed by atoms with Gasteiger partial charge in [0, 0.05) is 37.5 Å². The third kappa shape index (κ3) is 2.56. The average molecular weight is 251 g/mol. The van der Waals surface area contributed by atoms with Gasteiger partial charge in [0.2, 0.25) is 0 Å². The second-order valence-corrected chi connectivity index (χ2v) is 4.23. The number of imidazole rings is 1. The number of aromatic nitrogens is 2. The van der Waals surface area contributed by atoms with E-state index in [0.717, 1.165) is 5.82 Å². The van der Waals surface area contributed by atoms with Crippen LogP contribution < -0.4 is 5.73 Å². The Hall–Kier alpha value is -1.75. The topological polar surface area (TPSA) is 43.8 Å². The minimum absolute atomic E-state index is 0.0493. The minimum atomic E-state index is -0.664. The standard InChI is InChI=1S/C13H15F2N3/c1-18-8-7-17-12(18)6-5-11(16)13-9(14)3-2-4-10(13)15/h2-4,7-8,11H,5-6,16H2,1H3. The molecule has 0 radical (unpaired) electrons. The van der Waals surface area contributed by atoms with E-state index in [1.807, 2.05) is 17.8 Å². The summed E-state index contributed by atoms with van der Waals surface area (Å²) in [6.07, 6.45) is 4.54. The maximum Gasteiger partial charge on any atom is 0.130 e. The van der Waals surface area contributed by atoms with Crippen LogP contribution in [-0.2, 0) is 13.5 Å². The van der Waals surface area contributed by atoms with Crippen LogP contribution in [0.5, 0.6) is 0 Å². The molecule has 5 heteroatoms. The van der Waals surface area contributed by atoms with Gasteiger partial charge in [0.05, 0.1) is 0 Å². The van der Waals surface area contributed by atoms with Crippen LogP contribution in [0, 0.1) is 11.6 Å². The number of hydrogen-bond donors (Lipinski definition) is 1. The van der Waals surface area contributed by atoms with E-state index >= 15 is 0 Å². The van der Waals surface area contributed by atoms with Crippen molar-refractivity contribution in [2.75, 3.05) is 0 Å². The molecule has 1 unspecified atom stereocenters. The summed E-state index contributed by atoms with van der Waals surface area (Å²) in [5, 5.41) is 0. The van der Waals surface area contributed by atoms with Crippen LogP contribution >= 0.6 is 0 Å². The second kappa shape index (κ2) is 5.27. The van der Waals surface area contributed by atoms with Crippen molar-refractivity contribution in [3.8, 4) is 0 Å². The highest BCUT2D eigenvalue weighted by Crippen LogP contribution is 2.22. The third-order valence-corrected chi connectivity index (χ3v) is 2.97. The normalized spacial score (nSPS) is 12.7. The lowest BCUT2D eigenvalue weighted by Gasteiger charge is -2.13. The van der Waals surface area contributed by atoms with E-state index in [1.54, 1.807) is 6.20 Å². The summed E-state index contributed by atoms with van der Waals surface area (Å²) in [4.78, 5) is 4.15. The second-order valence-electron chi connectivity index (χ2n) is 4.23. The van der Waals surface area contributed by atoms with E-state index < -0.39 is 17.7 Å². The predicted molar refractivity (Wildman–Crippen MR) is 64.8 cm³/mol. The smallest absolute Gasteiger partial charge is 0.130 e. The molecular weight excluding hydrogens is 236 g/mol. The van der Waals surface area contributed by atoms with Gasteiger partial charge < -0.3 is 10.3 Å². The fraction of sp³-hybridized carbons (Fsp3) is 0.308. The Kier molecular flexibility index (Phi) is 3.72. The maximum atomic E-state index is 13.5. The Labute approximate surface area is 104 Å². The van der Waals surface area contributed by atoms with Crippen LogP contribution in [0.2, 0.25) is 0 Å². The van der Waals surface area contributed by atoms with Crippen LogP contribution in [0.3, 0.4) is 0 Å². The molecule has 0 aliphatic heterocycles. The van der Waals surface area contributed by atoms with Crippen molar-refractivity contribution < 1.29 is 8.78 Å². The van der Waals surface area contributed by atoms with Crippen molar-refractivity contribution in [3.63, 3.8) is 0 Å². The van der Waals surface area contributed by atoms with Gasteiger partial charge in [0.1, 0.15) is 17.5 Å². The summed E-state index contributed by atoms with van der Waals surface area (Å²) in [7, 11) is 1.87. The van der Waals surface area contributed by atoms with E-state index in [-0.39, 0.29) is 5.56 Å². The van der Waals surface area contributed by atoms with E-state index in [9.17, 15) is 8.78 Å². The van der Waals surface area contributed by atoms with Crippen LogP contribution in [0.25, 0.3) is 0 Å². The van der Waals surface area contributed by atoms with Gasteiger partial charge in [0.25, 0.3) is 0 Å². The molecule has 2 rings (SSSR count). The highest BCUT2D eigenvalue weighted by atomic mass is 19.1. The van der Waals surface area contributed by atoms with Gasteiger partial charge in [-0.2, -0.15) is 0 Å². The average Bonchev–Trinajstić information content (AvgIpc) is 2.72. The van der Waals surface area contributed by atoms with Crippen molar-refractivity contribution in [3.05, 3.63) is 53.6 Å². The largest absolute Gasteiger partial charge is 0.338 e. The van der Waals surface area contributed by atoms with Crippen LogP contribution in [0.1, 0.15) is 23.9 Å². The van der Waals surface area contributed by atoms with Gasteiger partial charge in [-0.25, -0.2) is 13.8 Å². The molecule has 0 aliphatic rings. The molecule has 18 heavy (non-hydrogen) atoms. The zero-order valence-electron chi connectivity index (χ0n) is 10.1. The highest BCUT2D eigenvalue weighted by molar-refractivity contribution is 5.23. The molecule has 1 heterocycles. The number of nitrogens with zero attached hydrogens (tertiary/aromatic N) is 2. The predicted octanol–water partition coefficient (Wildman–Crippen LogP) is 2.33. The van der Waals surface area contributed by atoms with E-state index in [0.29, 0.717) is 12.8 Å². The molecular formula is C13H15F2N3. The summed E-state index contributed by atoms with van der Waals surface area (Å²) in [5.41, 5.74) is 5.80. The summed E-state index contributed by atoms with van der Waals surface area (Å²) >= 11 is 0. The molecule has 96 valence electrons. The lowest BCUT2D eigenvalue weighted by Crippen LogP contribution is -2.16. The fourth-order valence-corrected chi connectivity index (χ4v) is 1.93. The highest BCUT2D eigenvalue weighted by Gasteiger charge is 2.16. The molecule has 1 aromatic heterocycles. The molecule has 0 amide bonds. The Bertz CT molecular complexity index is 517. The van der Waals surface area contributed by atoms with Crippen molar-refractivity contribution in [1.82, 2.24) is 9.55 Å². The van der Waals surface area contributed by atoms with Crippen molar-refractivity contribution in [1.29, 1.82) is 0 Å². The number of halogens is 2. The third-order valence-electron chi connectivity index (χ3n) is 2.97. The van der Waals surface area contributed by atoms with Gasteiger partial charge >= 0.3 is 0 Å². The molecule has 1 aromatic carbocycles. The lowest BCUT2D eigenvalue weighted by molar-refractivity contribution is 0.508. The summed E-state index contributed by atoms with van der Waals surface area (Å²) in [6.45, 7) is 0. The van der Waals surface area contributed by atoms with Gasteiger partial charge in [-0.15, -0.1) is 0 Å². The van der Waals surface area contributed by atoms with E-state index in [1.165, 1.54) is 18.2 Å². The van der Waals surface area contributed by atoms with Crippen molar-refractivity contribution in [2.24, 2.45) is 12.8 Å². The molecule has 0 bridgehead atoms. The Morgan fingerprint density at radius 2 is 2.00 bits per heavy atom. The minimum Gasteiger partial charge on any atom is -0.338 e. The van der Waals surface area contributed by atoms with Crippen LogP contribution in [0.4, 0.5) is 8.78 Å². The van der Waals surface area contributed by atoms with Crippen molar-refractivity contribution in [2.45, 2.75) is 18.9 Å². The zero-order valence-corrected chi connectivity index (χ0v) is 10.1. The van der Waals surface area contributed by atoms with Gasteiger partial charge in [-0.3, -0.25) is 0 Å². The first-order chi connectivity index (χ1) is 8.59. The fourth-order valence-electron chi connectivity index (χ4n) is 1.93. The van der Waals surface area contributed by atoms with Gasteiger partial charge in [0.15, 0.2) is 0 Å². The molecule has 2 aromatic rings. The Morgan fingerprint density at radius 3 is 2.56 bits per heavy atom. The van der Waals surface area contributed by atoms with Gasteiger partial charge in [-0.05, 0) is 18.6 Å². The molecule has 3 nitrogen and oxygen atoms in total. The van der Waals surface area contributed by atoms with E-state index in [2.05, 4.69) is 4.98 Å². The number of nitrogens with two attached hydrogens (primary N) is 1. The monoisotopic (exact) mass is 251 g/mol. The van der Waals surface area contributed by atoms with Crippen LogP contribution in [0.15, 0.2) is 30.6 Å². The summed E-state index contributed by atoms with van der Waals surface area (Å²) in [5.74, 6) is -0.341. The first-order valence-electron chi connectivity index (χ1n) is 5.75. The maximum absolute atomic E-state index is 13.5. The molecule has 0 aliphatic carbocycles. The molecule has 0 saturated heterocycles. The molecule has 0 spiro atoms. The molecule has 1 atom stereocenters. The number of hydrogen-bond acceptors (Lipinski definition) is 2. The summed E-state index contributed by atoms with van der Waals surface area (Å²) in [6, 6.07) is 3.11. The van der Waals surface area contributed by atoms with Crippen LogP contribution in [-0.4, -0.2) is 9.55 Å². The first kappa shape index (κ1) is 12.7. The molecule has 0 fully saturated rings. The quantitative estimate of drug-likeness (QED) is 0.906. The SMILES string of the molecule is Cn1ccnc1CCC(N)c1c(F)cccc1F. The lowest BCUT2D eigenvalue weighted by atomic mass is 10.0. The number of benzene rings is 1. The number of aryl methyl sites for hydroxylation is 2. The molecule has 2 N–H and O–H groups in total. The molecule has 0 saturated carbocycles. The Balaban J connectivity index is 2.08. The van der Waals surface area contributed by atoms with Crippen molar-refractivity contribution >= 4 is 0 Å². The van der Waals surface area contributed by atoms with E-state index in [4.69, 9.17) is 5.73 Å². The number of rotatable bonds is 4.